The van der Waals surface area contributed by atoms with Crippen molar-refractivity contribution in [3.05, 3.63) is 59.0 Å². The average molecular weight is 326 g/mol. The zero-order valence-electron chi connectivity index (χ0n) is 13.2. The zero-order valence-corrected chi connectivity index (χ0v) is 13.2. The van der Waals surface area contributed by atoms with Gasteiger partial charge in [-0.25, -0.2) is 0 Å². The van der Waals surface area contributed by atoms with Gasteiger partial charge in [0, 0.05) is 30.8 Å². The molecular weight excluding hydrogens is 308 g/mol. The molecule has 1 aliphatic carbocycles. The van der Waals surface area contributed by atoms with E-state index in [2.05, 4.69) is 10.1 Å². The maximum absolute atomic E-state index is 12.4. The molecule has 1 aliphatic heterocycles. The van der Waals surface area contributed by atoms with E-state index in [0.29, 0.717) is 29.2 Å². The summed E-state index contributed by atoms with van der Waals surface area (Å²) in [5.41, 5.74) is 2.71. The maximum Gasteiger partial charge on any atom is 0.229 e. The molecule has 2 aromatic rings. The third-order valence-corrected chi connectivity index (χ3v) is 4.31. The van der Waals surface area contributed by atoms with E-state index < -0.39 is 0 Å². The van der Waals surface area contributed by atoms with E-state index in [1.807, 2.05) is 18.2 Å². The monoisotopic (exact) mass is 326 g/mol. The highest BCUT2D eigenvalue weighted by Gasteiger charge is 2.31. The van der Waals surface area contributed by atoms with Crippen molar-refractivity contribution in [3.63, 3.8) is 0 Å². The van der Waals surface area contributed by atoms with Crippen molar-refractivity contribution in [1.82, 2.24) is 4.90 Å². The molecule has 6 heteroatoms. The molecule has 0 atom stereocenters. The van der Waals surface area contributed by atoms with Crippen LogP contribution >= 0.6 is 0 Å². The lowest BCUT2D eigenvalue weighted by atomic mass is 9.88. The number of hydrogen-bond acceptors (Lipinski definition) is 6. The molecule has 6 nitrogen and oxygen atoms in total. The second-order valence-corrected chi connectivity index (χ2v) is 5.77. The van der Waals surface area contributed by atoms with Crippen LogP contribution in [0, 0.1) is 0 Å². The minimum absolute atomic E-state index is 0.113. The van der Waals surface area contributed by atoms with Crippen LogP contribution in [0.3, 0.4) is 0 Å². The summed E-state index contributed by atoms with van der Waals surface area (Å²) >= 11 is 0. The molecule has 0 unspecified atom stereocenters. The van der Waals surface area contributed by atoms with Gasteiger partial charge in [-0.05, 0) is 6.07 Å². The Morgan fingerprint density at radius 1 is 1.08 bits per heavy atom. The number of furan rings is 1. The van der Waals surface area contributed by atoms with Crippen molar-refractivity contribution < 1.29 is 18.8 Å². The third-order valence-electron chi connectivity index (χ3n) is 4.31. The SMILES string of the molecule is O=C1c2ccccc2/C(=N/OCCN2CCOCC2)c2ccoc21. The van der Waals surface area contributed by atoms with Gasteiger partial charge in [-0.3, -0.25) is 9.69 Å². The Bertz CT molecular complexity index is 775. The summed E-state index contributed by atoms with van der Waals surface area (Å²) in [4.78, 5) is 20.3. The quantitative estimate of drug-likeness (QED) is 0.541. The van der Waals surface area contributed by atoms with Gasteiger partial charge in [-0.2, -0.15) is 0 Å². The minimum atomic E-state index is -0.113. The first kappa shape index (κ1) is 15.1. The Morgan fingerprint density at radius 3 is 2.71 bits per heavy atom. The van der Waals surface area contributed by atoms with E-state index >= 15 is 0 Å². The van der Waals surface area contributed by atoms with Gasteiger partial charge in [0.1, 0.15) is 12.3 Å². The van der Waals surface area contributed by atoms with Crippen LogP contribution in [0.15, 0.2) is 46.2 Å². The Kier molecular flexibility index (Phi) is 4.15. The Balaban J connectivity index is 1.52. The molecule has 1 aromatic heterocycles. The van der Waals surface area contributed by atoms with Gasteiger partial charge in [-0.15, -0.1) is 0 Å². The number of morpholine rings is 1. The molecule has 0 bridgehead atoms. The highest BCUT2D eigenvalue weighted by atomic mass is 16.6. The van der Waals surface area contributed by atoms with Crippen LogP contribution in [0.2, 0.25) is 0 Å². The topological polar surface area (TPSA) is 64.3 Å². The summed E-state index contributed by atoms with van der Waals surface area (Å²) in [5.74, 6) is 0.210. The predicted molar refractivity (Wildman–Crippen MR) is 87.4 cm³/mol. The van der Waals surface area contributed by atoms with Gasteiger partial charge in [0.2, 0.25) is 5.78 Å². The molecule has 0 N–H and O–H groups in total. The summed E-state index contributed by atoms with van der Waals surface area (Å²) < 4.78 is 10.7. The van der Waals surface area contributed by atoms with Gasteiger partial charge in [-0.1, -0.05) is 29.4 Å². The normalized spacial score (nSPS) is 19.2. The van der Waals surface area contributed by atoms with E-state index in [4.69, 9.17) is 14.0 Å². The van der Waals surface area contributed by atoms with Crippen molar-refractivity contribution in [2.45, 2.75) is 0 Å². The van der Waals surface area contributed by atoms with Crippen molar-refractivity contribution in [2.75, 3.05) is 39.5 Å². The molecular formula is C18H18N2O4. The molecule has 2 aliphatic rings. The molecule has 0 saturated carbocycles. The van der Waals surface area contributed by atoms with E-state index in [9.17, 15) is 4.79 Å². The molecule has 4 rings (SSSR count). The number of ketones is 1. The van der Waals surface area contributed by atoms with Crippen LogP contribution in [0.4, 0.5) is 0 Å². The number of carbonyl (C=O) groups excluding carboxylic acids is 1. The number of nitrogens with zero attached hydrogens (tertiary/aromatic N) is 2. The van der Waals surface area contributed by atoms with E-state index in [-0.39, 0.29) is 5.78 Å². The summed E-state index contributed by atoms with van der Waals surface area (Å²) in [6.07, 6.45) is 1.51. The zero-order chi connectivity index (χ0) is 16.4. The predicted octanol–water partition coefficient (Wildman–Crippen LogP) is 1.93. The van der Waals surface area contributed by atoms with Crippen molar-refractivity contribution in [1.29, 1.82) is 0 Å². The van der Waals surface area contributed by atoms with E-state index in [1.165, 1.54) is 6.26 Å². The molecule has 2 heterocycles. The van der Waals surface area contributed by atoms with Crippen LogP contribution in [0.5, 0.6) is 0 Å². The summed E-state index contributed by atoms with van der Waals surface area (Å²) in [5, 5.41) is 4.30. The second kappa shape index (κ2) is 6.59. The van der Waals surface area contributed by atoms with Crippen molar-refractivity contribution in [3.8, 4) is 0 Å². The molecule has 0 amide bonds. The van der Waals surface area contributed by atoms with Crippen LogP contribution in [0.25, 0.3) is 0 Å². The number of fused-ring (bicyclic) bond motifs is 2. The second-order valence-electron chi connectivity index (χ2n) is 5.77. The lowest BCUT2D eigenvalue weighted by molar-refractivity contribution is 0.0212. The number of rotatable bonds is 4. The standard InChI is InChI=1S/C18H18N2O4/c21-17-14-4-2-1-3-13(14)16(15-5-9-23-18(15)17)19-24-12-8-20-6-10-22-11-7-20/h1-5,9H,6-8,10-12H2/b19-16-. The molecule has 0 spiro atoms. The fraction of sp³-hybridized carbons (Fsp3) is 0.333. The number of carbonyl (C=O) groups is 1. The Labute approximate surface area is 139 Å². The Morgan fingerprint density at radius 2 is 1.88 bits per heavy atom. The maximum atomic E-state index is 12.4. The highest BCUT2D eigenvalue weighted by molar-refractivity contribution is 6.28. The highest BCUT2D eigenvalue weighted by Crippen LogP contribution is 2.28. The molecule has 0 radical (unpaired) electrons. The molecule has 124 valence electrons. The molecule has 1 aromatic carbocycles. The van der Waals surface area contributed by atoms with E-state index in [1.54, 1.807) is 12.1 Å². The van der Waals surface area contributed by atoms with E-state index in [0.717, 1.165) is 38.4 Å². The van der Waals surface area contributed by atoms with Crippen LogP contribution in [-0.4, -0.2) is 55.8 Å². The van der Waals surface area contributed by atoms with Crippen molar-refractivity contribution in [2.24, 2.45) is 5.16 Å². The third kappa shape index (κ3) is 2.74. The fourth-order valence-electron chi connectivity index (χ4n) is 3.03. The van der Waals surface area contributed by atoms with Gasteiger partial charge >= 0.3 is 0 Å². The lowest BCUT2D eigenvalue weighted by Crippen LogP contribution is -2.38. The summed E-state index contributed by atoms with van der Waals surface area (Å²) in [6.45, 7) is 4.67. The fourth-order valence-corrected chi connectivity index (χ4v) is 3.03. The van der Waals surface area contributed by atoms with Crippen LogP contribution in [0.1, 0.15) is 27.2 Å². The molecule has 1 saturated heterocycles. The van der Waals surface area contributed by atoms with Crippen LogP contribution in [-0.2, 0) is 9.57 Å². The lowest BCUT2D eigenvalue weighted by Gasteiger charge is -2.25. The van der Waals surface area contributed by atoms with Gasteiger partial charge < -0.3 is 14.0 Å². The minimum Gasteiger partial charge on any atom is -0.460 e. The van der Waals surface area contributed by atoms with Gasteiger partial charge in [0.15, 0.2) is 5.76 Å². The van der Waals surface area contributed by atoms with Gasteiger partial charge in [0.25, 0.3) is 0 Å². The summed E-state index contributed by atoms with van der Waals surface area (Å²) in [7, 11) is 0. The first-order valence-corrected chi connectivity index (χ1v) is 8.06. The van der Waals surface area contributed by atoms with Crippen molar-refractivity contribution >= 4 is 11.5 Å². The number of ether oxygens (including phenoxy) is 1. The van der Waals surface area contributed by atoms with Gasteiger partial charge in [0.05, 0.1) is 25.0 Å². The smallest absolute Gasteiger partial charge is 0.229 e. The number of oxime groups is 1. The first-order chi connectivity index (χ1) is 11.8. The molecule has 24 heavy (non-hydrogen) atoms. The molecule has 1 fully saturated rings. The van der Waals surface area contributed by atoms with Crippen LogP contribution < -0.4 is 0 Å². The Hall–Kier alpha value is -2.44. The summed E-state index contributed by atoms with van der Waals surface area (Å²) in [6, 6.07) is 9.15. The average Bonchev–Trinajstić information content (AvgIpc) is 3.12. The number of benzene rings is 1. The first-order valence-electron chi connectivity index (χ1n) is 8.06. The largest absolute Gasteiger partial charge is 0.460 e. The number of hydrogen-bond donors (Lipinski definition) is 0.